The van der Waals surface area contributed by atoms with Gasteiger partial charge in [-0.25, -0.2) is 0 Å². The van der Waals surface area contributed by atoms with Crippen molar-refractivity contribution in [3.63, 3.8) is 0 Å². The van der Waals surface area contributed by atoms with Crippen molar-refractivity contribution < 1.29 is 14.6 Å². The van der Waals surface area contributed by atoms with Crippen molar-refractivity contribution in [2.75, 3.05) is 6.61 Å². The third kappa shape index (κ3) is 6.16. The fourth-order valence-corrected chi connectivity index (χ4v) is 2.99. The molecule has 4 nitrogen and oxygen atoms in total. The molecule has 0 radical (unpaired) electrons. The molecule has 1 aliphatic rings. The van der Waals surface area contributed by atoms with E-state index in [4.69, 9.17) is 4.74 Å². The Kier molecular flexibility index (Phi) is 6.67. The van der Waals surface area contributed by atoms with Gasteiger partial charge in [-0.3, -0.25) is 4.79 Å². The van der Waals surface area contributed by atoms with Gasteiger partial charge in [0.15, 0.2) is 0 Å². The fourth-order valence-electron chi connectivity index (χ4n) is 2.99. The Morgan fingerprint density at radius 2 is 1.79 bits per heavy atom. The van der Waals surface area contributed by atoms with Gasteiger partial charge in [-0.15, -0.1) is 0 Å². The number of rotatable bonds is 6. The largest absolute Gasteiger partial charge is 0.494 e. The topological polar surface area (TPSA) is 58.6 Å². The van der Waals surface area contributed by atoms with E-state index in [-0.39, 0.29) is 23.5 Å². The van der Waals surface area contributed by atoms with E-state index in [9.17, 15) is 9.90 Å². The Morgan fingerprint density at radius 3 is 2.38 bits per heavy atom. The number of hydrogen-bond donors (Lipinski definition) is 2. The predicted octanol–water partition coefficient (Wildman–Crippen LogP) is 3.56. The van der Waals surface area contributed by atoms with Crippen LogP contribution in [0.1, 0.15) is 64.9 Å². The molecule has 0 spiro atoms. The van der Waals surface area contributed by atoms with E-state index in [0.29, 0.717) is 19.4 Å². The van der Waals surface area contributed by atoms with Gasteiger partial charge in [-0.1, -0.05) is 32.9 Å². The lowest BCUT2D eigenvalue weighted by atomic mass is 9.87. The number of ether oxygens (including phenoxy) is 1. The molecule has 0 atom stereocenters. The summed E-state index contributed by atoms with van der Waals surface area (Å²) in [6, 6.07) is 8.41. The van der Waals surface area contributed by atoms with E-state index >= 15 is 0 Å². The molecule has 0 heterocycles. The smallest absolute Gasteiger partial charge is 0.220 e. The summed E-state index contributed by atoms with van der Waals surface area (Å²) in [7, 11) is 0. The van der Waals surface area contributed by atoms with Crippen molar-refractivity contribution in [3.8, 4) is 5.75 Å². The first kappa shape index (κ1) is 18.8. The number of nitrogens with one attached hydrogen (secondary N) is 1. The van der Waals surface area contributed by atoms with Crippen molar-refractivity contribution in [3.05, 3.63) is 29.8 Å². The summed E-state index contributed by atoms with van der Waals surface area (Å²) in [5, 5.41) is 12.5. The van der Waals surface area contributed by atoms with Crippen LogP contribution in [0.3, 0.4) is 0 Å². The van der Waals surface area contributed by atoms with E-state index in [0.717, 1.165) is 31.4 Å². The van der Waals surface area contributed by atoms with Crippen molar-refractivity contribution >= 4 is 5.91 Å². The summed E-state index contributed by atoms with van der Waals surface area (Å²) < 4.78 is 5.72. The molecule has 0 saturated heterocycles. The first-order chi connectivity index (χ1) is 11.3. The third-order valence-corrected chi connectivity index (χ3v) is 4.60. The molecular formula is C20H31NO3. The predicted molar refractivity (Wildman–Crippen MR) is 96.3 cm³/mol. The summed E-state index contributed by atoms with van der Waals surface area (Å²) in [5.74, 6) is 0.938. The van der Waals surface area contributed by atoms with E-state index < -0.39 is 0 Å². The molecule has 1 saturated carbocycles. The first-order valence-electron chi connectivity index (χ1n) is 9.05. The molecule has 1 aromatic carbocycles. The zero-order valence-electron chi connectivity index (χ0n) is 15.2. The highest BCUT2D eigenvalue weighted by Gasteiger charge is 2.20. The van der Waals surface area contributed by atoms with Crippen LogP contribution in [0.15, 0.2) is 24.3 Å². The molecule has 1 fully saturated rings. The summed E-state index contributed by atoms with van der Waals surface area (Å²) in [6.45, 7) is 7.11. The molecule has 24 heavy (non-hydrogen) atoms. The van der Waals surface area contributed by atoms with E-state index in [1.165, 1.54) is 5.56 Å². The maximum atomic E-state index is 11.9. The van der Waals surface area contributed by atoms with Crippen LogP contribution in [0.25, 0.3) is 0 Å². The lowest BCUT2D eigenvalue weighted by Crippen LogP contribution is -2.38. The summed E-state index contributed by atoms with van der Waals surface area (Å²) in [4.78, 5) is 11.9. The van der Waals surface area contributed by atoms with Crippen LogP contribution in [0.5, 0.6) is 5.75 Å². The van der Waals surface area contributed by atoms with Crippen LogP contribution in [0, 0.1) is 0 Å². The van der Waals surface area contributed by atoms with Gasteiger partial charge < -0.3 is 15.2 Å². The molecule has 0 unspecified atom stereocenters. The Morgan fingerprint density at radius 1 is 1.17 bits per heavy atom. The zero-order chi connectivity index (χ0) is 17.6. The standard InChI is InChI=1S/C20H31NO3/c1-20(2,3)15-6-12-18(13-7-15)24-14-4-5-19(23)21-16-8-10-17(22)11-9-16/h6-7,12-13,16-17,22H,4-5,8-11,14H2,1-3H3,(H,21,23). The molecule has 0 aliphatic heterocycles. The van der Waals surface area contributed by atoms with Gasteiger partial charge in [0, 0.05) is 12.5 Å². The number of benzene rings is 1. The van der Waals surface area contributed by atoms with Gasteiger partial charge in [0.05, 0.1) is 12.7 Å². The lowest BCUT2D eigenvalue weighted by Gasteiger charge is -2.26. The highest BCUT2D eigenvalue weighted by Crippen LogP contribution is 2.24. The first-order valence-corrected chi connectivity index (χ1v) is 9.05. The summed E-state index contributed by atoms with van der Waals surface area (Å²) in [5.41, 5.74) is 1.43. The molecular weight excluding hydrogens is 302 g/mol. The molecule has 134 valence electrons. The molecule has 0 aromatic heterocycles. The van der Waals surface area contributed by atoms with Gasteiger partial charge in [0.2, 0.25) is 5.91 Å². The van der Waals surface area contributed by atoms with E-state index in [2.05, 4.69) is 38.2 Å². The summed E-state index contributed by atoms with van der Waals surface area (Å²) in [6.07, 6.45) is 4.35. The number of aliphatic hydroxyl groups excluding tert-OH is 1. The number of carbonyl (C=O) groups is 1. The van der Waals surface area contributed by atoms with E-state index in [1.54, 1.807) is 0 Å². The van der Waals surface area contributed by atoms with Gasteiger partial charge in [0.1, 0.15) is 5.75 Å². The highest BCUT2D eigenvalue weighted by atomic mass is 16.5. The summed E-state index contributed by atoms with van der Waals surface area (Å²) >= 11 is 0. The van der Waals surface area contributed by atoms with Gasteiger partial charge in [-0.2, -0.15) is 0 Å². The van der Waals surface area contributed by atoms with Crippen LogP contribution in [0.4, 0.5) is 0 Å². The minimum Gasteiger partial charge on any atom is -0.494 e. The van der Waals surface area contributed by atoms with Crippen molar-refractivity contribution in [2.24, 2.45) is 0 Å². The third-order valence-electron chi connectivity index (χ3n) is 4.60. The Labute approximate surface area is 145 Å². The van der Waals surface area contributed by atoms with Crippen molar-refractivity contribution in [1.29, 1.82) is 0 Å². The minimum atomic E-state index is -0.184. The maximum absolute atomic E-state index is 11.9. The van der Waals surface area contributed by atoms with Gasteiger partial charge >= 0.3 is 0 Å². The zero-order valence-corrected chi connectivity index (χ0v) is 15.2. The SMILES string of the molecule is CC(C)(C)c1ccc(OCCCC(=O)NC2CCC(O)CC2)cc1. The molecule has 0 bridgehead atoms. The second-order valence-corrected chi connectivity index (χ2v) is 7.80. The van der Waals surface area contributed by atoms with Gasteiger partial charge in [0.25, 0.3) is 0 Å². The molecule has 1 amide bonds. The Bertz CT molecular complexity index is 511. The molecule has 1 aromatic rings. The van der Waals surface area contributed by atoms with Gasteiger partial charge in [-0.05, 0) is 55.2 Å². The maximum Gasteiger partial charge on any atom is 0.220 e. The second-order valence-electron chi connectivity index (χ2n) is 7.80. The van der Waals surface area contributed by atoms with Crippen LogP contribution >= 0.6 is 0 Å². The van der Waals surface area contributed by atoms with Crippen LogP contribution in [-0.2, 0) is 10.2 Å². The fraction of sp³-hybridized carbons (Fsp3) is 0.650. The van der Waals surface area contributed by atoms with Crippen molar-refractivity contribution in [1.82, 2.24) is 5.32 Å². The lowest BCUT2D eigenvalue weighted by molar-refractivity contribution is -0.122. The monoisotopic (exact) mass is 333 g/mol. The Balaban J connectivity index is 1.63. The molecule has 2 rings (SSSR count). The molecule has 4 heteroatoms. The molecule has 2 N–H and O–H groups in total. The quantitative estimate of drug-likeness (QED) is 0.783. The van der Waals surface area contributed by atoms with Crippen LogP contribution < -0.4 is 10.1 Å². The van der Waals surface area contributed by atoms with Crippen molar-refractivity contribution in [2.45, 2.75) is 76.9 Å². The van der Waals surface area contributed by atoms with Crippen LogP contribution in [-0.4, -0.2) is 29.8 Å². The van der Waals surface area contributed by atoms with E-state index in [1.807, 2.05) is 12.1 Å². The Hall–Kier alpha value is -1.55. The number of hydrogen-bond acceptors (Lipinski definition) is 3. The minimum absolute atomic E-state index is 0.0862. The van der Waals surface area contributed by atoms with Crippen LogP contribution in [0.2, 0.25) is 0 Å². The average Bonchev–Trinajstić information content (AvgIpc) is 2.53. The number of amides is 1. The normalized spacial score (nSPS) is 21.3. The second kappa shape index (κ2) is 8.52. The average molecular weight is 333 g/mol. The number of carbonyl (C=O) groups excluding carboxylic acids is 1. The number of aliphatic hydroxyl groups is 1. The highest BCUT2D eigenvalue weighted by molar-refractivity contribution is 5.76. The molecule has 1 aliphatic carbocycles.